The van der Waals surface area contributed by atoms with Crippen LogP contribution < -0.4 is 0 Å². The largest absolute Gasteiger partial charge is 0.480 e. The summed E-state index contributed by atoms with van der Waals surface area (Å²) in [5.74, 6) is -0.412. The Morgan fingerprint density at radius 2 is 2.22 bits per heavy atom. The number of carboxylic acids is 1. The van der Waals surface area contributed by atoms with Gasteiger partial charge in [0.1, 0.15) is 6.07 Å². The number of nitrogens with zero attached hydrogens (tertiary/aromatic N) is 1. The first-order valence-corrected chi connectivity index (χ1v) is 7.35. The second-order valence-electron chi connectivity index (χ2n) is 5.06. The van der Waals surface area contributed by atoms with E-state index >= 15 is 0 Å². The van der Waals surface area contributed by atoms with Crippen molar-refractivity contribution in [3.8, 4) is 6.07 Å². The van der Waals surface area contributed by atoms with Gasteiger partial charge in [0.05, 0.1) is 4.91 Å². The maximum Gasteiger partial charge on any atom is 0.325 e. The number of carbonyl (C=O) groups is 1. The number of hydrogen-bond donors (Lipinski definition) is 1. The molecule has 2 atom stereocenters. The van der Waals surface area contributed by atoms with Crippen molar-refractivity contribution in [3.63, 3.8) is 0 Å². The van der Waals surface area contributed by atoms with E-state index in [-0.39, 0.29) is 5.92 Å². The molecule has 0 aromatic rings. The molecule has 0 radical (unpaired) electrons. The highest BCUT2D eigenvalue weighted by atomic mass is 35.5. The molecule has 0 bridgehead atoms. The van der Waals surface area contributed by atoms with E-state index in [1.807, 2.05) is 13.8 Å². The molecule has 1 N–H and O–H groups in total. The van der Waals surface area contributed by atoms with Gasteiger partial charge in [0.15, 0.2) is 4.87 Å². The van der Waals surface area contributed by atoms with Gasteiger partial charge >= 0.3 is 5.97 Å². The van der Waals surface area contributed by atoms with Crippen LogP contribution in [0.5, 0.6) is 0 Å². The van der Waals surface area contributed by atoms with Crippen molar-refractivity contribution < 1.29 is 9.90 Å². The number of alkyl halides is 1. The standard InChI is InChI=1S/C13H18ClNO2S/c1-4-5-6-18-9(8-15)7-10-12(2,3)13(10,14)11(16)17/h7,10H,4-6H2,1-3H3,(H,16,17)/b9-7+/t10?,13-/m0/s1. The van der Waals surface area contributed by atoms with Gasteiger partial charge in [0.25, 0.3) is 0 Å². The van der Waals surface area contributed by atoms with Crippen molar-refractivity contribution in [2.45, 2.75) is 38.5 Å². The molecule has 18 heavy (non-hydrogen) atoms. The van der Waals surface area contributed by atoms with Gasteiger partial charge in [0, 0.05) is 11.3 Å². The number of unbranched alkanes of at least 4 members (excludes halogenated alkanes) is 1. The zero-order valence-corrected chi connectivity index (χ0v) is 12.4. The van der Waals surface area contributed by atoms with Crippen LogP contribution in [0.2, 0.25) is 0 Å². The SMILES string of the molecule is CCCCS/C(C#N)=C/C1C(C)(C)[C@@]1(Cl)C(=O)O. The lowest BCUT2D eigenvalue weighted by molar-refractivity contribution is -0.138. The van der Waals surface area contributed by atoms with Gasteiger partial charge in [-0.2, -0.15) is 5.26 Å². The fraction of sp³-hybridized carbons (Fsp3) is 0.692. The van der Waals surface area contributed by atoms with E-state index in [0.717, 1.165) is 18.6 Å². The molecular formula is C13H18ClNO2S. The molecule has 3 nitrogen and oxygen atoms in total. The summed E-state index contributed by atoms with van der Waals surface area (Å²) >= 11 is 7.61. The van der Waals surface area contributed by atoms with Gasteiger partial charge in [0.2, 0.25) is 0 Å². The molecule has 0 aliphatic heterocycles. The van der Waals surface area contributed by atoms with E-state index in [4.69, 9.17) is 22.0 Å². The van der Waals surface area contributed by atoms with Crippen molar-refractivity contribution in [1.82, 2.24) is 0 Å². The summed E-state index contributed by atoms with van der Waals surface area (Å²) in [5.41, 5.74) is -0.506. The minimum Gasteiger partial charge on any atom is -0.480 e. The summed E-state index contributed by atoms with van der Waals surface area (Å²) < 4.78 is 0. The van der Waals surface area contributed by atoms with Gasteiger partial charge < -0.3 is 5.11 Å². The third-order valence-corrected chi connectivity index (χ3v) is 5.47. The molecular weight excluding hydrogens is 270 g/mol. The normalized spacial score (nSPS) is 29.7. The van der Waals surface area contributed by atoms with Crippen molar-refractivity contribution in [2.75, 3.05) is 5.75 Å². The Labute approximate surface area is 117 Å². The van der Waals surface area contributed by atoms with Gasteiger partial charge in [-0.05, 0) is 12.2 Å². The van der Waals surface area contributed by atoms with Crippen molar-refractivity contribution >= 4 is 29.3 Å². The Morgan fingerprint density at radius 1 is 1.61 bits per heavy atom. The summed E-state index contributed by atoms with van der Waals surface area (Å²) in [6.45, 7) is 5.73. The maximum atomic E-state index is 11.2. The Morgan fingerprint density at radius 3 is 2.61 bits per heavy atom. The quantitative estimate of drug-likeness (QED) is 0.460. The van der Waals surface area contributed by atoms with E-state index in [2.05, 4.69) is 13.0 Å². The second-order valence-corrected chi connectivity index (χ2v) is 6.79. The summed E-state index contributed by atoms with van der Waals surface area (Å²) in [4.78, 5) is 10.5. The van der Waals surface area contributed by atoms with E-state index in [9.17, 15) is 4.79 Å². The topological polar surface area (TPSA) is 61.1 Å². The average Bonchev–Trinajstić information content (AvgIpc) is 2.74. The molecule has 0 aromatic carbocycles. The van der Waals surface area contributed by atoms with E-state index in [0.29, 0.717) is 4.91 Å². The fourth-order valence-corrected chi connectivity index (χ4v) is 3.42. The van der Waals surface area contributed by atoms with Crippen LogP contribution in [0, 0.1) is 22.7 Å². The lowest BCUT2D eigenvalue weighted by Gasteiger charge is -2.03. The van der Waals surface area contributed by atoms with Gasteiger partial charge in [-0.25, -0.2) is 0 Å². The molecule has 0 heterocycles. The lowest BCUT2D eigenvalue weighted by atomic mass is 10.1. The molecule has 0 amide bonds. The molecule has 1 aliphatic rings. The van der Waals surface area contributed by atoms with Crippen molar-refractivity contribution in [2.24, 2.45) is 11.3 Å². The molecule has 5 heteroatoms. The summed E-state index contributed by atoms with van der Waals surface area (Å²) in [7, 11) is 0. The van der Waals surface area contributed by atoms with Crippen molar-refractivity contribution in [3.05, 3.63) is 11.0 Å². The summed E-state index contributed by atoms with van der Waals surface area (Å²) in [6, 6.07) is 2.12. The average molecular weight is 288 g/mol. The Hall–Kier alpha value is -0.660. The van der Waals surface area contributed by atoms with Crippen LogP contribution in [0.4, 0.5) is 0 Å². The molecule has 0 saturated heterocycles. The Kier molecular flexibility index (Phi) is 4.74. The number of hydrogen-bond acceptors (Lipinski definition) is 3. The minimum absolute atomic E-state index is 0.284. The molecule has 0 spiro atoms. The van der Waals surface area contributed by atoms with E-state index < -0.39 is 16.3 Å². The van der Waals surface area contributed by atoms with Crippen molar-refractivity contribution in [1.29, 1.82) is 5.26 Å². The number of allylic oxidation sites excluding steroid dienone is 2. The number of rotatable bonds is 6. The first-order chi connectivity index (χ1) is 8.32. The van der Waals surface area contributed by atoms with E-state index in [1.165, 1.54) is 11.8 Å². The number of aliphatic carboxylic acids is 1. The predicted molar refractivity (Wildman–Crippen MR) is 74.6 cm³/mol. The predicted octanol–water partition coefficient (Wildman–Crippen LogP) is 3.65. The van der Waals surface area contributed by atoms with Gasteiger partial charge in [-0.1, -0.05) is 33.3 Å². The highest BCUT2D eigenvalue weighted by Crippen LogP contribution is 2.67. The third-order valence-electron chi connectivity index (χ3n) is 3.56. The van der Waals surface area contributed by atoms with Gasteiger partial charge in [-0.3, -0.25) is 4.79 Å². The highest BCUT2D eigenvalue weighted by molar-refractivity contribution is 8.03. The highest BCUT2D eigenvalue weighted by Gasteiger charge is 2.74. The zero-order valence-electron chi connectivity index (χ0n) is 10.9. The number of nitriles is 1. The van der Waals surface area contributed by atoms with E-state index in [1.54, 1.807) is 6.08 Å². The molecule has 0 aromatic heterocycles. The molecule has 1 aliphatic carbocycles. The number of thioether (sulfide) groups is 1. The second kappa shape index (κ2) is 5.54. The Bertz CT molecular complexity index is 414. The molecule has 1 saturated carbocycles. The molecule has 1 rings (SSSR count). The summed E-state index contributed by atoms with van der Waals surface area (Å²) in [6.07, 6.45) is 3.85. The van der Waals surface area contributed by atoms with Crippen LogP contribution >= 0.6 is 23.4 Å². The zero-order chi connectivity index (χ0) is 14.0. The molecule has 1 unspecified atom stereocenters. The number of halogens is 1. The Balaban J connectivity index is 2.77. The van der Waals surface area contributed by atoms with Crippen LogP contribution in [0.3, 0.4) is 0 Å². The first-order valence-electron chi connectivity index (χ1n) is 5.99. The smallest absolute Gasteiger partial charge is 0.325 e. The summed E-state index contributed by atoms with van der Waals surface area (Å²) in [5, 5.41) is 18.2. The maximum absolute atomic E-state index is 11.2. The number of carboxylic acid groups (broad SMARTS) is 1. The van der Waals surface area contributed by atoms with Crippen LogP contribution in [-0.2, 0) is 4.79 Å². The van der Waals surface area contributed by atoms with Crippen LogP contribution in [0.15, 0.2) is 11.0 Å². The third kappa shape index (κ3) is 2.53. The van der Waals surface area contributed by atoms with Crippen LogP contribution in [0.25, 0.3) is 0 Å². The lowest BCUT2D eigenvalue weighted by Crippen LogP contribution is -2.21. The fourth-order valence-electron chi connectivity index (χ4n) is 2.08. The molecule has 1 fully saturated rings. The van der Waals surface area contributed by atoms with Crippen LogP contribution in [0.1, 0.15) is 33.6 Å². The first kappa shape index (κ1) is 15.4. The molecule has 100 valence electrons. The monoisotopic (exact) mass is 287 g/mol. The minimum atomic E-state index is -1.26. The van der Waals surface area contributed by atoms with Crippen LogP contribution in [-0.4, -0.2) is 21.7 Å². The van der Waals surface area contributed by atoms with Gasteiger partial charge in [-0.15, -0.1) is 23.4 Å².